The van der Waals surface area contributed by atoms with Gasteiger partial charge in [-0.3, -0.25) is 0 Å². The molecule has 0 atom stereocenters. The van der Waals surface area contributed by atoms with Gasteiger partial charge in [-0.15, -0.1) is 12.4 Å². The van der Waals surface area contributed by atoms with E-state index < -0.39 is 0 Å². The van der Waals surface area contributed by atoms with Crippen LogP contribution < -0.4 is 5.32 Å². The Hall–Kier alpha value is -1.39. The van der Waals surface area contributed by atoms with Crippen molar-refractivity contribution in [1.29, 1.82) is 0 Å². The molecule has 5 heteroatoms. The van der Waals surface area contributed by atoms with Gasteiger partial charge in [0.25, 0.3) is 0 Å². The summed E-state index contributed by atoms with van der Waals surface area (Å²) in [5.41, 5.74) is 3.23. The van der Waals surface area contributed by atoms with E-state index in [4.69, 9.17) is 0 Å². The molecule has 0 aliphatic carbocycles. The van der Waals surface area contributed by atoms with Gasteiger partial charge in [0.15, 0.2) is 0 Å². The minimum atomic E-state index is 0. The SMILES string of the molecule is CNCc1ccccc1-c1cn[nH]n1.Cl. The number of hydrogen-bond donors (Lipinski definition) is 2. The van der Waals surface area contributed by atoms with E-state index in [0.29, 0.717) is 0 Å². The Bertz CT molecular complexity index is 400. The fraction of sp³-hybridized carbons (Fsp3) is 0.200. The maximum Gasteiger partial charge on any atom is 0.113 e. The van der Waals surface area contributed by atoms with Crippen LogP contribution in [0, 0.1) is 0 Å². The van der Waals surface area contributed by atoms with Crippen LogP contribution in [0.5, 0.6) is 0 Å². The number of halogens is 1. The summed E-state index contributed by atoms with van der Waals surface area (Å²) < 4.78 is 0. The summed E-state index contributed by atoms with van der Waals surface area (Å²) in [6, 6.07) is 8.16. The largest absolute Gasteiger partial charge is 0.316 e. The number of nitrogens with one attached hydrogen (secondary N) is 2. The Labute approximate surface area is 94.5 Å². The van der Waals surface area contributed by atoms with E-state index >= 15 is 0 Å². The fourth-order valence-corrected chi connectivity index (χ4v) is 1.45. The third kappa shape index (κ3) is 2.55. The lowest BCUT2D eigenvalue weighted by molar-refractivity contribution is 0.818. The van der Waals surface area contributed by atoms with Gasteiger partial charge in [-0.1, -0.05) is 24.3 Å². The van der Waals surface area contributed by atoms with Gasteiger partial charge in [0, 0.05) is 12.1 Å². The average Bonchev–Trinajstić information content (AvgIpc) is 2.72. The van der Waals surface area contributed by atoms with E-state index in [9.17, 15) is 0 Å². The Morgan fingerprint density at radius 3 is 2.80 bits per heavy atom. The first-order chi connectivity index (χ1) is 6.92. The molecule has 4 nitrogen and oxygen atoms in total. The number of aromatic nitrogens is 3. The summed E-state index contributed by atoms with van der Waals surface area (Å²) in [4.78, 5) is 0. The second-order valence-corrected chi connectivity index (χ2v) is 3.04. The van der Waals surface area contributed by atoms with Crippen molar-refractivity contribution in [3.05, 3.63) is 36.0 Å². The molecule has 0 aliphatic rings. The number of H-pyrrole nitrogens is 1. The highest BCUT2D eigenvalue weighted by molar-refractivity contribution is 5.85. The molecule has 2 N–H and O–H groups in total. The van der Waals surface area contributed by atoms with Gasteiger partial charge in [0.1, 0.15) is 5.69 Å². The van der Waals surface area contributed by atoms with Crippen LogP contribution in [0.3, 0.4) is 0 Å². The van der Waals surface area contributed by atoms with E-state index in [1.165, 1.54) is 5.56 Å². The molecule has 1 heterocycles. The lowest BCUT2D eigenvalue weighted by Crippen LogP contribution is -2.06. The molecule has 1 aromatic heterocycles. The summed E-state index contributed by atoms with van der Waals surface area (Å²) in [5.74, 6) is 0. The van der Waals surface area contributed by atoms with Crippen LogP contribution >= 0.6 is 12.4 Å². The highest BCUT2D eigenvalue weighted by Gasteiger charge is 2.05. The Morgan fingerprint density at radius 1 is 1.33 bits per heavy atom. The highest BCUT2D eigenvalue weighted by atomic mass is 35.5. The third-order valence-electron chi connectivity index (χ3n) is 2.08. The monoisotopic (exact) mass is 224 g/mol. The van der Waals surface area contributed by atoms with Gasteiger partial charge < -0.3 is 5.32 Å². The number of aromatic amines is 1. The molecule has 0 spiro atoms. The Balaban J connectivity index is 0.00000112. The molecule has 0 aliphatic heterocycles. The molecule has 15 heavy (non-hydrogen) atoms. The first kappa shape index (κ1) is 11.7. The number of nitrogens with zero attached hydrogens (tertiary/aromatic N) is 2. The summed E-state index contributed by atoms with van der Waals surface area (Å²) >= 11 is 0. The molecule has 2 rings (SSSR count). The molecular weight excluding hydrogens is 212 g/mol. The van der Waals surface area contributed by atoms with E-state index in [0.717, 1.165) is 17.8 Å². The van der Waals surface area contributed by atoms with Crippen molar-refractivity contribution in [3.63, 3.8) is 0 Å². The van der Waals surface area contributed by atoms with Gasteiger partial charge in [0.05, 0.1) is 6.20 Å². The summed E-state index contributed by atoms with van der Waals surface area (Å²) in [6.07, 6.45) is 1.73. The maximum absolute atomic E-state index is 4.07. The maximum atomic E-state index is 4.07. The zero-order valence-corrected chi connectivity index (χ0v) is 9.21. The van der Waals surface area contributed by atoms with E-state index in [2.05, 4.69) is 26.8 Å². The van der Waals surface area contributed by atoms with Crippen molar-refractivity contribution in [2.24, 2.45) is 0 Å². The first-order valence-electron chi connectivity index (χ1n) is 4.50. The fourth-order valence-electron chi connectivity index (χ4n) is 1.45. The Kier molecular flexibility index (Phi) is 4.27. The predicted molar refractivity (Wildman–Crippen MR) is 61.8 cm³/mol. The first-order valence-corrected chi connectivity index (χ1v) is 4.50. The zero-order chi connectivity index (χ0) is 9.80. The lowest BCUT2D eigenvalue weighted by atomic mass is 10.1. The van der Waals surface area contributed by atoms with Crippen LogP contribution in [-0.4, -0.2) is 22.5 Å². The van der Waals surface area contributed by atoms with Crippen LogP contribution in [-0.2, 0) is 6.54 Å². The normalized spacial score (nSPS) is 9.67. The van der Waals surface area contributed by atoms with Crippen molar-refractivity contribution in [2.75, 3.05) is 7.05 Å². The molecule has 0 amide bonds. The van der Waals surface area contributed by atoms with Crippen LogP contribution in [0.4, 0.5) is 0 Å². The molecule has 0 fully saturated rings. The molecule has 0 bridgehead atoms. The topological polar surface area (TPSA) is 53.6 Å². The quantitative estimate of drug-likeness (QED) is 0.833. The number of rotatable bonds is 3. The van der Waals surface area contributed by atoms with Crippen LogP contribution in [0.1, 0.15) is 5.56 Å². The van der Waals surface area contributed by atoms with Crippen molar-refractivity contribution >= 4 is 12.4 Å². The molecule has 1 aromatic carbocycles. The highest BCUT2D eigenvalue weighted by Crippen LogP contribution is 2.19. The van der Waals surface area contributed by atoms with E-state index in [1.807, 2.05) is 25.2 Å². The van der Waals surface area contributed by atoms with Gasteiger partial charge in [-0.25, -0.2) is 0 Å². The van der Waals surface area contributed by atoms with Crippen LogP contribution in [0.2, 0.25) is 0 Å². The van der Waals surface area contributed by atoms with Crippen molar-refractivity contribution in [2.45, 2.75) is 6.54 Å². The van der Waals surface area contributed by atoms with Crippen molar-refractivity contribution in [3.8, 4) is 11.3 Å². The van der Waals surface area contributed by atoms with Crippen molar-refractivity contribution in [1.82, 2.24) is 20.7 Å². The minimum Gasteiger partial charge on any atom is -0.316 e. The Morgan fingerprint density at radius 2 is 2.13 bits per heavy atom. The zero-order valence-electron chi connectivity index (χ0n) is 8.40. The molecule has 2 aromatic rings. The summed E-state index contributed by atoms with van der Waals surface area (Å²) in [7, 11) is 1.93. The van der Waals surface area contributed by atoms with Gasteiger partial charge in [0.2, 0.25) is 0 Å². The van der Waals surface area contributed by atoms with Crippen LogP contribution in [0.25, 0.3) is 11.3 Å². The molecule has 0 radical (unpaired) electrons. The lowest BCUT2D eigenvalue weighted by Gasteiger charge is -2.05. The summed E-state index contributed by atoms with van der Waals surface area (Å²) in [6.45, 7) is 0.836. The third-order valence-corrected chi connectivity index (χ3v) is 2.08. The molecule has 0 saturated carbocycles. The second-order valence-electron chi connectivity index (χ2n) is 3.04. The molecular formula is C10H13ClN4. The molecule has 80 valence electrons. The van der Waals surface area contributed by atoms with Crippen molar-refractivity contribution < 1.29 is 0 Å². The predicted octanol–water partition coefficient (Wildman–Crippen LogP) is 1.61. The van der Waals surface area contributed by atoms with Gasteiger partial charge in [-0.2, -0.15) is 15.4 Å². The van der Waals surface area contributed by atoms with E-state index in [-0.39, 0.29) is 12.4 Å². The van der Waals surface area contributed by atoms with E-state index in [1.54, 1.807) is 6.20 Å². The smallest absolute Gasteiger partial charge is 0.113 e. The standard InChI is InChI=1S/C10H12N4.ClH/c1-11-6-8-4-2-3-5-9(8)10-7-12-14-13-10;/h2-5,7,11H,6H2,1H3,(H,12,13,14);1H. The van der Waals surface area contributed by atoms with Crippen LogP contribution in [0.15, 0.2) is 30.5 Å². The molecule has 0 unspecified atom stereocenters. The average molecular weight is 225 g/mol. The number of benzene rings is 1. The van der Waals surface area contributed by atoms with Gasteiger partial charge in [-0.05, 0) is 12.6 Å². The summed E-state index contributed by atoms with van der Waals surface area (Å²) in [5, 5.41) is 13.6. The second kappa shape index (κ2) is 5.48. The minimum absolute atomic E-state index is 0. The van der Waals surface area contributed by atoms with Gasteiger partial charge >= 0.3 is 0 Å². The number of hydrogen-bond acceptors (Lipinski definition) is 3. The molecule has 0 saturated heterocycles.